The SMILES string of the molecule is C=C(C)C[C@H]1N(c2ccc(C)cc2)C(=O)[C@@H]2[C@H](C(=O)O)[C@H]3C=C[C@]21O3. The Morgan fingerprint density at radius 1 is 1.36 bits per heavy atom. The van der Waals surface area contributed by atoms with Gasteiger partial charge in [-0.1, -0.05) is 35.4 Å². The maximum Gasteiger partial charge on any atom is 0.310 e. The second kappa shape index (κ2) is 5.30. The van der Waals surface area contributed by atoms with Crippen molar-refractivity contribution in [3.63, 3.8) is 0 Å². The predicted molar refractivity (Wildman–Crippen MR) is 93.2 cm³/mol. The lowest BCUT2D eigenvalue weighted by molar-refractivity contribution is -0.146. The van der Waals surface area contributed by atoms with Crippen molar-refractivity contribution in [1.82, 2.24) is 0 Å². The molecule has 1 aromatic rings. The molecule has 0 radical (unpaired) electrons. The maximum atomic E-state index is 13.3. The topological polar surface area (TPSA) is 66.8 Å². The van der Waals surface area contributed by atoms with Crippen molar-refractivity contribution < 1.29 is 19.4 Å². The average Bonchev–Trinajstić information content (AvgIpc) is 3.18. The Morgan fingerprint density at radius 2 is 2.04 bits per heavy atom. The van der Waals surface area contributed by atoms with Crippen molar-refractivity contribution in [2.24, 2.45) is 11.8 Å². The lowest BCUT2D eigenvalue weighted by Crippen LogP contribution is -2.45. The fraction of sp³-hybridized carbons (Fsp3) is 0.400. The predicted octanol–water partition coefficient (Wildman–Crippen LogP) is 2.70. The number of ether oxygens (including phenoxy) is 1. The van der Waals surface area contributed by atoms with Gasteiger partial charge in [-0.25, -0.2) is 0 Å². The molecule has 2 bridgehead atoms. The first-order chi connectivity index (χ1) is 11.8. The Hall–Kier alpha value is -2.40. The minimum Gasteiger partial charge on any atom is -0.481 e. The molecule has 1 amide bonds. The first-order valence-electron chi connectivity index (χ1n) is 8.49. The summed E-state index contributed by atoms with van der Waals surface area (Å²) in [5.74, 6) is -2.67. The van der Waals surface area contributed by atoms with Gasteiger partial charge in [-0.3, -0.25) is 9.59 Å². The quantitative estimate of drug-likeness (QED) is 0.857. The second-order valence-corrected chi connectivity index (χ2v) is 7.36. The van der Waals surface area contributed by atoms with Crippen molar-refractivity contribution in [2.45, 2.75) is 38.0 Å². The van der Waals surface area contributed by atoms with E-state index < -0.39 is 29.5 Å². The van der Waals surface area contributed by atoms with Gasteiger partial charge in [0, 0.05) is 5.69 Å². The van der Waals surface area contributed by atoms with E-state index >= 15 is 0 Å². The van der Waals surface area contributed by atoms with Gasteiger partial charge in [-0.2, -0.15) is 0 Å². The Labute approximate surface area is 146 Å². The van der Waals surface area contributed by atoms with Crippen LogP contribution < -0.4 is 4.90 Å². The summed E-state index contributed by atoms with van der Waals surface area (Å²) in [5, 5.41) is 9.66. The van der Waals surface area contributed by atoms with E-state index in [9.17, 15) is 14.7 Å². The van der Waals surface area contributed by atoms with Crippen LogP contribution in [0.15, 0.2) is 48.6 Å². The van der Waals surface area contributed by atoms with Crippen molar-refractivity contribution in [3.8, 4) is 0 Å². The van der Waals surface area contributed by atoms with Crippen molar-refractivity contribution in [1.29, 1.82) is 0 Å². The number of benzene rings is 1. The molecule has 2 fully saturated rings. The van der Waals surface area contributed by atoms with E-state index in [0.717, 1.165) is 16.8 Å². The van der Waals surface area contributed by atoms with Crippen LogP contribution in [0.5, 0.6) is 0 Å². The molecule has 2 saturated heterocycles. The van der Waals surface area contributed by atoms with E-state index in [1.165, 1.54) is 0 Å². The monoisotopic (exact) mass is 339 g/mol. The van der Waals surface area contributed by atoms with Gasteiger partial charge in [0.25, 0.3) is 0 Å². The lowest BCUT2D eigenvalue weighted by Gasteiger charge is -2.33. The summed E-state index contributed by atoms with van der Waals surface area (Å²) in [6, 6.07) is 7.44. The van der Waals surface area contributed by atoms with Crippen LogP contribution in [0.3, 0.4) is 0 Å². The number of anilines is 1. The Kier molecular flexibility index (Phi) is 3.41. The van der Waals surface area contributed by atoms with E-state index in [4.69, 9.17) is 4.74 Å². The standard InChI is InChI=1S/C20H21NO4/c1-11(2)10-15-20-9-8-14(25-20)16(19(23)24)17(20)18(22)21(15)13-6-4-12(3)5-7-13/h4-9,14-17H,1,10H2,2-3H3,(H,23,24)/t14-,15-,16-,17+,20-/m1/s1. The van der Waals surface area contributed by atoms with Crippen molar-refractivity contribution in [2.75, 3.05) is 4.90 Å². The van der Waals surface area contributed by atoms with E-state index in [-0.39, 0.29) is 11.9 Å². The molecule has 3 aliphatic heterocycles. The molecular formula is C20H21NO4. The average molecular weight is 339 g/mol. The van der Waals surface area contributed by atoms with Gasteiger partial charge in [-0.05, 0) is 32.4 Å². The minimum atomic E-state index is -0.977. The molecule has 3 heterocycles. The van der Waals surface area contributed by atoms with Gasteiger partial charge in [0.15, 0.2) is 0 Å². The molecule has 130 valence electrons. The number of aryl methyl sites for hydroxylation is 1. The molecule has 4 rings (SSSR count). The number of hydrogen-bond donors (Lipinski definition) is 1. The highest BCUT2D eigenvalue weighted by Crippen LogP contribution is 2.56. The third kappa shape index (κ3) is 2.12. The number of rotatable bonds is 4. The number of aliphatic carboxylic acids is 1. The number of nitrogens with zero attached hydrogens (tertiary/aromatic N) is 1. The summed E-state index contributed by atoms with van der Waals surface area (Å²) in [6.45, 7) is 7.91. The highest BCUT2D eigenvalue weighted by molar-refractivity contribution is 6.03. The first kappa shape index (κ1) is 16.1. The zero-order valence-corrected chi connectivity index (χ0v) is 14.3. The molecule has 25 heavy (non-hydrogen) atoms. The van der Waals surface area contributed by atoms with E-state index in [2.05, 4.69) is 6.58 Å². The van der Waals surface area contributed by atoms with Gasteiger partial charge < -0.3 is 14.7 Å². The van der Waals surface area contributed by atoms with Crippen LogP contribution >= 0.6 is 0 Å². The molecule has 0 unspecified atom stereocenters. The number of fused-ring (bicyclic) bond motifs is 1. The second-order valence-electron chi connectivity index (χ2n) is 7.36. The molecule has 5 heteroatoms. The molecule has 1 aromatic carbocycles. The van der Waals surface area contributed by atoms with Crippen LogP contribution in [0.4, 0.5) is 5.69 Å². The maximum absolute atomic E-state index is 13.3. The lowest BCUT2D eigenvalue weighted by atomic mass is 9.74. The summed E-state index contributed by atoms with van der Waals surface area (Å²) >= 11 is 0. The molecule has 3 aliphatic rings. The van der Waals surface area contributed by atoms with Gasteiger partial charge in [0.05, 0.1) is 18.1 Å². The number of carbonyl (C=O) groups is 2. The summed E-state index contributed by atoms with van der Waals surface area (Å²) in [7, 11) is 0. The summed E-state index contributed by atoms with van der Waals surface area (Å²) in [5.41, 5.74) is 1.93. The van der Waals surface area contributed by atoms with Gasteiger partial charge in [0.2, 0.25) is 5.91 Å². The van der Waals surface area contributed by atoms with Crippen LogP contribution in [0.1, 0.15) is 18.9 Å². The molecular weight excluding hydrogens is 318 g/mol. The van der Waals surface area contributed by atoms with Gasteiger partial charge in [-0.15, -0.1) is 6.58 Å². The molecule has 5 atom stereocenters. The summed E-state index contributed by atoms with van der Waals surface area (Å²) in [4.78, 5) is 26.8. The van der Waals surface area contributed by atoms with Crippen LogP contribution in [0.25, 0.3) is 0 Å². The number of carboxylic acids is 1. The highest BCUT2D eigenvalue weighted by Gasteiger charge is 2.71. The smallest absolute Gasteiger partial charge is 0.310 e. The molecule has 1 spiro atoms. The van der Waals surface area contributed by atoms with Crippen LogP contribution in [-0.2, 0) is 14.3 Å². The first-order valence-corrected chi connectivity index (χ1v) is 8.49. The third-order valence-corrected chi connectivity index (χ3v) is 5.56. The fourth-order valence-corrected chi connectivity index (χ4v) is 4.53. The molecule has 0 aliphatic carbocycles. The number of carboxylic acid groups (broad SMARTS) is 1. The third-order valence-electron chi connectivity index (χ3n) is 5.56. The Bertz CT molecular complexity index is 796. The zero-order chi connectivity index (χ0) is 17.9. The largest absolute Gasteiger partial charge is 0.481 e. The van der Waals surface area contributed by atoms with Gasteiger partial charge in [0.1, 0.15) is 11.5 Å². The number of amides is 1. The molecule has 1 N–H and O–H groups in total. The minimum absolute atomic E-state index is 0.172. The normalized spacial score (nSPS) is 35.3. The van der Waals surface area contributed by atoms with Gasteiger partial charge >= 0.3 is 5.97 Å². The number of carbonyl (C=O) groups excluding carboxylic acids is 1. The van der Waals surface area contributed by atoms with Crippen molar-refractivity contribution in [3.05, 3.63) is 54.1 Å². The summed E-state index contributed by atoms with van der Waals surface area (Å²) < 4.78 is 6.12. The fourth-order valence-electron chi connectivity index (χ4n) is 4.53. The highest BCUT2D eigenvalue weighted by atomic mass is 16.5. The molecule has 0 saturated carbocycles. The summed E-state index contributed by atoms with van der Waals surface area (Å²) in [6.07, 6.45) is 3.74. The van der Waals surface area contributed by atoms with Crippen molar-refractivity contribution >= 4 is 17.6 Å². The van der Waals surface area contributed by atoms with E-state index in [1.54, 1.807) is 11.0 Å². The molecule has 5 nitrogen and oxygen atoms in total. The van der Waals surface area contributed by atoms with E-state index in [0.29, 0.717) is 6.42 Å². The number of hydrogen-bond acceptors (Lipinski definition) is 3. The van der Waals surface area contributed by atoms with Crippen LogP contribution in [0.2, 0.25) is 0 Å². The Morgan fingerprint density at radius 3 is 2.64 bits per heavy atom. The zero-order valence-electron chi connectivity index (χ0n) is 14.3. The van der Waals surface area contributed by atoms with Crippen LogP contribution in [-0.4, -0.2) is 34.7 Å². The van der Waals surface area contributed by atoms with Crippen LogP contribution in [0, 0.1) is 18.8 Å². The van der Waals surface area contributed by atoms with E-state index in [1.807, 2.05) is 44.2 Å². The molecule has 0 aromatic heterocycles. The Balaban J connectivity index is 1.84.